The molecule has 1 amide bonds. The van der Waals surface area contributed by atoms with Gasteiger partial charge in [-0.15, -0.1) is 0 Å². The van der Waals surface area contributed by atoms with Gasteiger partial charge in [0.15, 0.2) is 12.4 Å². The van der Waals surface area contributed by atoms with E-state index in [4.69, 9.17) is 11.6 Å². The number of nitrogens with one attached hydrogen (secondary N) is 1. The first-order valence-corrected chi connectivity index (χ1v) is 7.52. The minimum absolute atomic E-state index is 0.0362. The number of benzene rings is 2. The van der Waals surface area contributed by atoms with Gasteiger partial charge in [-0.1, -0.05) is 29.8 Å². The summed E-state index contributed by atoms with van der Waals surface area (Å²) >= 11 is 5.85. The predicted molar refractivity (Wildman–Crippen MR) is 90.9 cm³/mol. The Morgan fingerprint density at radius 3 is 2.67 bits per heavy atom. The largest absolute Gasteiger partial charge is 0.315 e. The minimum Gasteiger partial charge on any atom is -0.315 e. The second-order valence-electron chi connectivity index (χ2n) is 5.21. The number of amides is 1. The molecule has 1 N–H and O–H groups in total. The molecule has 0 unspecified atom stereocenters. The van der Waals surface area contributed by atoms with Gasteiger partial charge in [0.05, 0.1) is 4.92 Å². The van der Waals surface area contributed by atoms with Crippen molar-refractivity contribution < 1.29 is 14.3 Å². The third kappa shape index (κ3) is 3.49. The molecule has 1 aromatic heterocycles. The summed E-state index contributed by atoms with van der Waals surface area (Å²) in [6, 6.07) is 13.7. The number of nitro groups is 1. The van der Waals surface area contributed by atoms with Crippen LogP contribution in [0.15, 0.2) is 60.9 Å². The van der Waals surface area contributed by atoms with Crippen LogP contribution in [0.4, 0.5) is 11.4 Å². The zero-order valence-electron chi connectivity index (χ0n) is 12.5. The van der Waals surface area contributed by atoms with Crippen molar-refractivity contribution in [2.24, 2.45) is 0 Å². The fourth-order valence-electron chi connectivity index (χ4n) is 2.40. The molecule has 24 heavy (non-hydrogen) atoms. The molecule has 0 saturated carbocycles. The number of carbonyl (C=O) groups is 1. The molecule has 0 radical (unpaired) electrons. The highest BCUT2D eigenvalue weighted by Gasteiger charge is 2.18. The van der Waals surface area contributed by atoms with Crippen LogP contribution in [0.2, 0.25) is 5.02 Å². The van der Waals surface area contributed by atoms with Gasteiger partial charge in [0.1, 0.15) is 5.69 Å². The lowest BCUT2D eigenvalue weighted by Gasteiger charge is -2.05. The van der Waals surface area contributed by atoms with E-state index < -0.39 is 4.92 Å². The maximum absolute atomic E-state index is 12.2. The van der Waals surface area contributed by atoms with Crippen molar-refractivity contribution in [3.8, 4) is 0 Å². The van der Waals surface area contributed by atoms with Gasteiger partial charge < -0.3 is 5.32 Å². The van der Waals surface area contributed by atoms with Crippen LogP contribution in [0, 0.1) is 10.1 Å². The van der Waals surface area contributed by atoms with Crippen LogP contribution in [0.25, 0.3) is 10.8 Å². The summed E-state index contributed by atoms with van der Waals surface area (Å²) in [7, 11) is 0. The summed E-state index contributed by atoms with van der Waals surface area (Å²) in [4.78, 5) is 22.7. The van der Waals surface area contributed by atoms with Crippen LogP contribution in [0.3, 0.4) is 0 Å². The molecule has 3 rings (SSSR count). The summed E-state index contributed by atoms with van der Waals surface area (Å²) in [5, 5.41) is 16.0. The Kier molecular flexibility index (Phi) is 4.39. The molecule has 0 aliphatic rings. The Hall–Kier alpha value is -2.99. The maximum atomic E-state index is 12.2. The standard InChI is InChI=1S/C17H12ClN3O3/c18-14-5-6-16(21(23)24)15(9-14)19-17(22)11-20-8-7-12-3-1-2-4-13(12)10-20/h1-10H,11H2/p+1. The lowest BCUT2D eigenvalue weighted by Crippen LogP contribution is -2.39. The molecular weight excluding hydrogens is 330 g/mol. The normalized spacial score (nSPS) is 10.5. The second-order valence-corrected chi connectivity index (χ2v) is 5.65. The van der Waals surface area contributed by atoms with Crippen molar-refractivity contribution in [3.63, 3.8) is 0 Å². The fraction of sp³-hybridized carbons (Fsp3) is 0.0588. The Morgan fingerprint density at radius 1 is 1.17 bits per heavy atom. The number of aromatic nitrogens is 1. The number of pyridine rings is 1. The monoisotopic (exact) mass is 342 g/mol. The summed E-state index contributed by atoms with van der Waals surface area (Å²) in [5.41, 5.74) is -0.116. The number of nitro benzene ring substituents is 1. The Bertz CT molecular complexity index is 943. The summed E-state index contributed by atoms with van der Waals surface area (Å²) in [6.07, 6.45) is 3.63. The van der Waals surface area contributed by atoms with E-state index in [1.54, 1.807) is 10.8 Å². The molecule has 0 fully saturated rings. The van der Waals surface area contributed by atoms with Gasteiger partial charge in [-0.05, 0) is 23.6 Å². The number of anilines is 1. The van der Waals surface area contributed by atoms with E-state index in [-0.39, 0.29) is 23.8 Å². The van der Waals surface area contributed by atoms with Gasteiger partial charge in [0, 0.05) is 22.5 Å². The third-order valence-electron chi connectivity index (χ3n) is 3.50. The van der Waals surface area contributed by atoms with Crippen molar-refractivity contribution >= 4 is 39.7 Å². The number of carbonyl (C=O) groups excluding carboxylic acids is 1. The zero-order chi connectivity index (χ0) is 17.1. The third-order valence-corrected chi connectivity index (χ3v) is 3.74. The Labute approximate surface area is 142 Å². The van der Waals surface area contributed by atoms with Gasteiger partial charge >= 0.3 is 0 Å². The van der Waals surface area contributed by atoms with Crippen LogP contribution in [0.5, 0.6) is 0 Å². The topological polar surface area (TPSA) is 76.1 Å². The number of rotatable bonds is 4. The predicted octanol–water partition coefficient (Wildman–Crippen LogP) is 3.33. The van der Waals surface area contributed by atoms with Crippen molar-refractivity contribution in [2.45, 2.75) is 6.54 Å². The van der Waals surface area contributed by atoms with E-state index in [1.807, 2.05) is 36.5 Å². The molecule has 0 bridgehead atoms. The average Bonchev–Trinajstić information content (AvgIpc) is 2.54. The summed E-state index contributed by atoms with van der Waals surface area (Å²) in [5.74, 6) is -0.374. The van der Waals surface area contributed by atoms with Crippen molar-refractivity contribution in [3.05, 3.63) is 76.1 Å². The molecule has 120 valence electrons. The Morgan fingerprint density at radius 2 is 1.92 bits per heavy atom. The molecule has 1 heterocycles. The minimum atomic E-state index is -0.560. The number of fused-ring (bicyclic) bond motifs is 1. The highest BCUT2D eigenvalue weighted by atomic mass is 35.5. The lowest BCUT2D eigenvalue weighted by atomic mass is 10.2. The van der Waals surface area contributed by atoms with Gasteiger partial charge in [0.25, 0.3) is 11.6 Å². The molecule has 0 aliphatic carbocycles. The fourth-order valence-corrected chi connectivity index (χ4v) is 2.57. The van der Waals surface area contributed by atoms with Gasteiger partial charge in [-0.2, -0.15) is 4.57 Å². The van der Waals surface area contributed by atoms with Crippen LogP contribution in [-0.4, -0.2) is 10.8 Å². The van der Waals surface area contributed by atoms with Crippen molar-refractivity contribution in [1.82, 2.24) is 0 Å². The van der Waals surface area contributed by atoms with E-state index in [9.17, 15) is 14.9 Å². The molecule has 7 heteroatoms. The molecule has 3 aromatic rings. The number of hydrogen-bond donors (Lipinski definition) is 1. The van der Waals surface area contributed by atoms with E-state index in [0.29, 0.717) is 5.02 Å². The SMILES string of the molecule is O=C(C[n+]1ccc2ccccc2c1)Nc1cc(Cl)ccc1[N+](=O)[O-]. The highest BCUT2D eigenvalue weighted by molar-refractivity contribution is 6.31. The molecule has 2 aromatic carbocycles. The zero-order valence-corrected chi connectivity index (χ0v) is 13.2. The van der Waals surface area contributed by atoms with Crippen LogP contribution in [0.1, 0.15) is 0 Å². The molecule has 0 atom stereocenters. The maximum Gasteiger partial charge on any atom is 0.292 e. The summed E-state index contributed by atoms with van der Waals surface area (Å²) < 4.78 is 1.72. The van der Waals surface area contributed by atoms with Crippen molar-refractivity contribution in [1.29, 1.82) is 0 Å². The van der Waals surface area contributed by atoms with E-state index >= 15 is 0 Å². The number of halogens is 1. The van der Waals surface area contributed by atoms with Crippen LogP contribution < -0.4 is 9.88 Å². The number of hydrogen-bond acceptors (Lipinski definition) is 3. The quantitative estimate of drug-likeness (QED) is 0.449. The first-order chi connectivity index (χ1) is 11.5. The molecule has 0 saturated heterocycles. The molecule has 0 spiro atoms. The molecule has 6 nitrogen and oxygen atoms in total. The van der Waals surface area contributed by atoms with E-state index in [1.165, 1.54) is 18.2 Å². The lowest BCUT2D eigenvalue weighted by molar-refractivity contribution is -0.682. The number of nitrogens with zero attached hydrogens (tertiary/aromatic N) is 2. The highest BCUT2D eigenvalue weighted by Crippen LogP contribution is 2.27. The van der Waals surface area contributed by atoms with Gasteiger partial charge in [-0.3, -0.25) is 14.9 Å². The Balaban J connectivity index is 1.80. The van der Waals surface area contributed by atoms with E-state index in [0.717, 1.165) is 10.8 Å². The molecule has 0 aliphatic heterocycles. The first-order valence-electron chi connectivity index (χ1n) is 7.14. The van der Waals surface area contributed by atoms with Crippen LogP contribution >= 0.6 is 11.6 Å². The van der Waals surface area contributed by atoms with E-state index in [2.05, 4.69) is 5.32 Å². The average molecular weight is 343 g/mol. The smallest absolute Gasteiger partial charge is 0.292 e. The first kappa shape index (κ1) is 15.9. The summed E-state index contributed by atoms with van der Waals surface area (Å²) in [6.45, 7) is 0.0362. The second kappa shape index (κ2) is 6.64. The van der Waals surface area contributed by atoms with Crippen LogP contribution in [-0.2, 0) is 11.3 Å². The van der Waals surface area contributed by atoms with Gasteiger partial charge in [0.2, 0.25) is 6.54 Å². The van der Waals surface area contributed by atoms with Crippen molar-refractivity contribution in [2.75, 3.05) is 5.32 Å². The van der Waals surface area contributed by atoms with Gasteiger partial charge in [-0.25, -0.2) is 0 Å². The molecular formula is C17H13ClN3O3+.